The van der Waals surface area contributed by atoms with Gasteiger partial charge in [-0.3, -0.25) is 4.90 Å². The molecule has 0 aromatic heterocycles. The number of nitrogens with zero attached hydrogens (tertiary/aromatic N) is 1. The zero-order valence-electron chi connectivity index (χ0n) is 12.2. The summed E-state index contributed by atoms with van der Waals surface area (Å²) in [6, 6.07) is 6.84. The third kappa shape index (κ3) is 3.50. The van der Waals surface area contributed by atoms with E-state index in [9.17, 15) is 0 Å². The zero-order chi connectivity index (χ0) is 13.8. The number of hydrogen-bond acceptors (Lipinski definition) is 2. The molecule has 1 N–H and O–H groups in total. The largest absolute Gasteiger partial charge is 0.319 e. The Kier molecular flexibility index (Phi) is 5.26. The van der Waals surface area contributed by atoms with Crippen LogP contribution in [-0.2, 0) is 0 Å². The van der Waals surface area contributed by atoms with Crippen LogP contribution in [0.5, 0.6) is 0 Å². The van der Waals surface area contributed by atoms with E-state index in [1.165, 1.54) is 36.9 Å². The highest BCUT2D eigenvalue weighted by Crippen LogP contribution is 2.36. The number of rotatable bonds is 3. The molecule has 1 aliphatic heterocycles. The lowest BCUT2D eigenvalue weighted by atomic mass is 9.87. The SMILES string of the molecule is CNCC1CCCCN(C)C1c1ccc(Cl)cc1C. The molecule has 0 bridgehead atoms. The van der Waals surface area contributed by atoms with Crippen LogP contribution >= 0.6 is 11.6 Å². The van der Waals surface area contributed by atoms with Gasteiger partial charge >= 0.3 is 0 Å². The van der Waals surface area contributed by atoms with E-state index in [0.29, 0.717) is 12.0 Å². The van der Waals surface area contributed by atoms with Gasteiger partial charge in [-0.2, -0.15) is 0 Å². The summed E-state index contributed by atoms with van der Waals surface area (Å²) in [5.74, 6) is 0.678. The van der Waals surface area contributed by atoms with Gasteiger partial charge in [0.25, 0.3) is 0 Å². The Balaban J connectivity index is 2.34. The highest BCUT2D eigenvalue weighted by atomic mass is 35.5. The lowest BCUT2D eigenvalue weighted by molar-refractivity contribution is 0.190. The second-order valence-corrected chi connectivity index (χ2v) is 6.18. The van der Waals surface area contributed by atoms with Crippen molar-refractivity contribution in [1.29, 1.82) is 0 Å². The summed E-state index contributed by atoms with van der Waals surface area (Å²) in [7, 11) is 4.31. The minimum Gasteiger partial charge on any atom is -0.319 e. The van der Waals surface area contributed by atoms with Gasteiger partial charge in [-0.05, 0) is 76.1 Å². The molecule has 1 saturated heterocycles. The molecule has 0 amide bonds. The van der Waals surface area contributed by atoms with Gasteiger partial charge in [-0.1, -0.05) is 24.1 Å². The summed E-state index contributed by atoms with van der Waals surface area (Å²) in [5.41, 5.74) is 2.75. The van der Waals surface area contributed by atoms with E-state index in [1.54, 1.807) is 0 Å². The third-order valence-corrected chi connectivity index (χ3v) is 4.51. The van der Waals surface area contributed by atoms with E-state index in [2.05, 4.69) is 43.4 Å². The van der Waals surface area contributed by atoms with Crippen LogP contribution in [0, 0.1) is 12.8 Å². The molecule has 0 radical (unpaired) electrons. The summed E-state index contributed by atoms with van der Waals surface area (Å²) in [5, 5.41) is 4.20. The van der Waals surface area contributed by atoms with E-state index >= 15 is 0 Å². The maximum Gasteiger partial charge on any atom is 0.0408 e. The van der Waals surface area contributed by atoms with E-state index < -0.39 is 0 Å². The average molecular weight is 281 g/mol. The lowest BCUT2D eigenvalue weighted by Gasteiger charge is -2.34. The molecule has 0 aliphatic carbocycles. The second kappa shape index (κ2) is 6.74. The minimum atomic E-state index is 0.507. The molecule has 2 atom stereocenters. The number of aryl methyl sites for hydroxylation is 1. The molecule has 2 nitrogen and oxygen atoms in total. The summed E-state index contributed by atoms with van der Waals surface area (Å²) >= 11 is 6.10. The molecule has 0 spiro atoms. The normalized spacial score (nSPS) is 25.3. The lowest BCUT2D eigenvalue weighted by Crippen LogP contribution is -2.34. The fourth-order valence-corrected chi connectivity index (χ4v) is 3.59. The van der Waals surface area contributed by atoms with Gasteiger partial charge in [0.15, 0.2) is 0 Å². The molecule has 2 unspecified atom stereocenters. The van der Waals surface area contributed by atoms with Crippen LogP contribution in [0.1, 0.15) is 36.4 Å². The van der Waals surface area contributed by atoms with Crippen molar-refractivity contribution in [2.75, 3.05) is 27.2 Å². The van der Waals surface area contributed by atoms with Crippen molar-refractivity contribution in [2.45, 2.75) is 32.2 Å². The van der Waals surface area contributed by atoms with Crippen LogP contribution in [-0.4, -0.2) is 32.1 Å². The number of halogens is 1. The Morgan fingerprint density at radius 1 is 1.37 bits per heavy atom. The Morgan fingerprint density at radius 2 is 2.16 bits per heavy atom. The number of benzene rings is 1. The fourth-order valence-electron chi connectivity index (χ4n) is 3.36. The van der Waals surface area contributed by atoms with Gasteiger partial charge in [0, 0.05) is 11.1 Å². The Bertz CT molecular complexity index is 419. The average Bonchev–Trinajstić information content (AvgIpc) is 2.53. The minimum absolute atomic E-state index is 0.507. The zero-order valence-corrected chi connectivity index (χ0v) is 13.0. The van der Waals surface area contributed by atoms with Gasteiger partial charge in [0.05, 0.1) is 0 Å². The molecule has 2 rings (SSSR count). The van der Waals surface area contributed by atoms with Crippen molar-refractivity contribution in [3.05, 3.63) is 34.3 Å². The van der Waals surface area contributed by atoms with E-state index in [0.717, 1.165) is 11.6 Å². The Labute approximate surface area is 122 Å². The van der Waals surface area contributed by atoms with E-state index in [4.69, 9.17) is 11.6 Å². The van der Waals surface area contributed by atoms with Gasteiger partial charge in [-0.15, -0.1) is 0 Å². The van der Waals surface area contributed by atoms with Gasteiger partial charge in [0.1, 0.15) is 0 Å². The molecule has 0 saturated carbocycles. The molecule has 1 aromatic rings. The summed E-state index contributed by atoms with van der Waals surface area (Å²) < 4.78 is 0. The highest BCUT2D eigenvalue weighted by molar-refractivity contribution is 6.30. The van der Waals surface area contributed by atoms with Crippen LogP contribution in [0.2, 0.25) is 5.02 Å². The first-order valence-corrected chi connectivity index (χ1v) is 7.62. The Morgan fingerprint density at radius 3 is 2.84 bits per heavy atom. The van der Waals surface area contributed by atoms with Crippen molar-refractivity contribution in [3.63, 3.8) is 0 Å². The quantitative estimate of drug-likeness (QED) is 0.909. The first-order chi connectivity index (χ1) is 9.13. The summed E-state index contributed by atoms with van der Waals surface area (Å²) in [6.07, 6.45) is 3.94. The maximum absolute atomic E-state index is 6.10. The fraction of sp³-hybridized carbons (Fsp3) is 0.625. The van der Waals surface area contributed by atoms with Crippen molar-refractivity contribution >= 4 is 11.6 Å². The first kappa shape index (κ1) is 14.8. The Hall–Kier alpha value is -0.570. The number of hydrogen-bond donors (Lipinski definition) is 1. The van der Waals surface area contributed by atoms with Crippen molar-refractivity contribution in [2.24, 2.45) is 5.92 Å². The van der Waals surface area contributed by atoms with Crippen LogP contribution in [0.25, 0.3) is 0 Å². The molecule has 1 fully saturated rings. The van der Waals surface area contributed by atoms with Gasteiger partial charge in [0.2, 0.25) is 0 Å². The number of nitrogens with one attached hydrogen (secondary N) is 1. The molecule has 1 heterocycles. The summed E-state index contributed by atoms with van der Waals surface area (Å²) in [6.45, 7) is 4.44. The topological polar surface area (TPSA) is 15.3 Å². The molecular formula is C16H25ClN2. The molecule has 1 aromatic carbocycles. The summed E-state index contributed by atoms with van der Waals surface area (Å²) in [4.78, 5) is 2.52. The third-order valence-electron chi connectivity index (χ3n) is 4.27. The van der Waals surface area contributed by atoms with E-state index in [-0.39, 0.29) is 0 Å². The van der Waals surface area contributed by atoms with Gasteiger partial charge < -0.3 is 5.32 Å². The monoisotopic (exact) mass is 280 g/mol. The number of likely N-dealkylation sites (tertiary alicyclic amines) is 1. The molecule has 19 heavy (non-hydrogen) atoms. The van der Waals surface area contributed by atoms with E-state index in [1.807, 2.05) is 6.07 Å². The standard InChI is InChI=1S/C16H25ClN2/c1-12-10-14(17)7-8-15(12)16-13(11-18-2)6-4-5-9-19(16)3/h7-8,10,13,16,18H,4-6,9,11H2,1-3H3. The van der Waals surface area contributed by atoms with Crippen molar-refractivity contribution < 1.29 is 0 Å². The van der Waals surface area contributed by atoms with Crippen LogP contribution in [0.4, 0.5) is 0 Å². The van der Waals surface area contributed by atoms with Crippen LogP contribution in [0.15, 0.2) is 18.2 Å². The molecule has 106 valence electrons. The molecular weight excluding hydrogens is 256 g/mol. The van der Waals surface area contributed by atoms with Crippen LogP contribution < -0.4 is 5.32 Å². The van der Waals surface area contributed by atoms with Crippen molar-refractivity contribution in [3.8, 4) is 0 Å². The van der Waals surface area contributed by atoms with Crippen molar-refractivity contribution in [1.82, 2.24) is 10.2 Å². The highest BCUT2D eigenvalue weighted by Gasteiger charge is 2.29. The predicted molar refractivity (Wildman–Crippen MR) is 82.8 cm³/mol. The second-order valence-electron chi connectivity index (χ2n) is 5.74. The predicted octanol–water partition coefficient (Wildman–Crippen LogP) is 3.64. The smallest absolute Gasteiger partial charge is 0.0408 e. The maximum atomic E-state index is 6.10. The first-order valence-electron chi connectivity index (χ1n) is 7.24. The van der Waals surface area contributed by atoms with Crippen LogP contribution in [0.3, 0.4) is 0 Å². The molecule has 1 aliphatic rings. The van der Waals surface area contributed by atoms with Gasteiger partial charge in [-0.25, -0.2) is 0 Å². The molecule has 3 heteroatoms.